The molecule has 25 heavy (non-hydrogen) atoms. The van der Waals surface area contributed by atoms with Crippen molar-refractivity contribution < 1.29 is 13.6 Å². The first kappa shape index (κ1) is 17.1. The van der Waals surface area contributed by atoms with Gasteiger partial charge in [-0.15, -0.1) is 0 Å². The minimum absolute atomic E-state index is 0.0229. The number of carbonyl (C=O) groups is 1. The second kappa shape index (κ2) is 7.46. The third kappa shape index (κ3) is 4.04. The zero-order valence-electron chi connectivity index (χ0n) is 13.9. The van der Waals surface area contributed by atoms with Gasteiger partial charge < -0.3 is 15.5 Å². The highest BCUT2D eigenvalue weighted by Crippen LogP contribution is 2.29. The number of amides is 2. The van der Waals surface area contributed by atoms with Crippen molar-refractivity contribution in [3.8, 4) is 0 Å². The number of urea groups is 1. The van der Waals surface area contributed by atoms with Crippen LogP contribution in [0.4, 0.5) is 25.0 Å². The molecule has 1 fully saturated rings. The van der Waals surface area contributed by atoms with Crippen molar-refractivity contribution in [2.75, 3.05) is 23.3 Å². The van der Waals surface area contributed by atoms with Crippen LogP contribution >= 0.6 is 0 Å². The number of rotatable bonds is 4. The predicted octanol–water partition coefficient (Wildman–Crippen LogP) is 3.84. The minimum atomic E-state index is -0.671. The van der Waals surface area contributed by atoms with Gasteiger partial charge in [0.2, 0.25) is 0 Å². The molecule has 1 aromatic carbocycles. The largest absolute Gasteiger partial charge is 0.367 e. The van der Waals surface area contributed by atoms with Crippen molar-refractivity contribution in [2.24, 2.45) is 0 Å². The monoisotopic (exact) mass is 346 g/mol. The molecule has 0 bridgehead atoms. The number of halogens is 2. The summed E-state index contributed by atoms with van der Waals surface area (Å²) in [5, 5.41) is 5.15. The fraction of sp³-hybridized carbons (Fsp3) is 0.333. The van der Waals surface area contributed by atoms with Crippen LogP contribution in [0.1, 0.15) is 31.5 Å². The summed E-state index contributed by atoms with van der Waals surface area (Å²) in [6.45, 7) is 3.06. The van der Waals surface area contributed by atoms with Gasteiger partial charge in [-0.05, 0) is 44.0 Å². The summed E-state index contributed by atoms with van der Waals surface area (Å²) in [7, 11) is 0. The molecule has 2 amide bonds. The molecule has 7 heteroatoms. The van der Waals surface area contributed by atoms with E-state index in [9.17, 15) is 13.6 Å². The van der Waals surface area contributed by atoms with E-state index in [1.165, 1.54) is 0 Å². The van der Waals surface area contributed by atoms with Crippen LogP contribution in [0.5, 0.6) is 0 Å². The maximum atomic E-state index is 14.3. The zero-order chi connectivity index (χ0) is 17.8. The molecule has 2 heterocycles. The predicted molar refractivity (Wildman–Crippen MR) is 92.6 cm³/mol. The molecule has 2 N–H and O–H groups in total. The highest BCUT2D eigenvalue weighted by atomic mass is 19.1. The zero-order valence-corrected chi connectivity index (χ0v) is 13.9. The summed E-state index contributed by atoms with van der Waals surface area (Å²) in [5.41, 5.74) is 0.744. The molecule has 1 aliphatic rings. The second-order valence-corrected chi connectivity index (χ2v) is 6.06. The summed E-state index contributed by atoms with van der Waals surface area (Å²) in [5.74, 6) is -1.34. The van der Waals surface area contributed by atoms with Gasteiger partial charge in [-0.2, -0.15) is 0 Å². The van der Waals surface area contributed by atoms with Gasteiger partial charge in [0.1, 0.15) is 5.69 Å². The maximum Gasteiger partial charge on any atom is 0.319 e. The van der Waals surface area contributed by atoms with E-state index < -0.39 is 17.7 Å². The van der Waals surface area contributed by atoms with Crippen molar-refractivity contribution in [1.29, 1.82) is 0 Å². The molecule has 0 aliphatic carbocycles. The van der Waals surface area contributed by atoms with E-state index in [0.717, 1.165) is 25.0 Å². The molecule has 1 aliphatic heterocycles. The molecule has 132 valence electrons. The molecule has 1 saturated heterocycles. The molecule has 0 unspecified atom stereocenters. The summed E-state index contributed by atoms with van der Waals surface area (Å²) in [6.07, 6.45) is 3.48. The number of nitrogens with one attached hydrogen (secondary N) is 2. The highest BCUT2D eigenvalue weighted by Gasteiger charge is 2.21. The Kier molecular flexibility index (Phi) is 5.11. The number of benzene rings is 1. The topological polar surface area (TPSA) is 57.3 Å². The average Bonchev–Trinajstić information content (AvgIpc) is 3.09. The lowest BCUT2D eigenvalue weighted by atomic mass is 10.2. The molecule has 1 atom stereocenters. The first-order valence-electron chi connectivity index (χ1n) is 8.27. The van der Waals surface area contributed by atoms with E-state index >= 15 is 0 Å². The van der Waals surface area contributed by atoms with Gasteiger partial charge in [-0.25, -0.2) is 13.6 Å². The summed E-state index contributed by atoms with van der Waals surface area (Å²) in [4.78, 5) is 17.9. The van der Waals surface area contributed by atoms with Gasteiger partial charge in [-0.1, -0.05) is 6.07 Å². The van der Waals surface area contributed by atoms with Crippen molar-refractivity contribution in [2.45, 2.75) is 25.8 Å². The van der Waals surface area contributed by atoms with Crippen LogP contribution in [0, 0.1) is 11.6 Å². The van der Waals surface area contributed by atoms with Gasteiger partial charge in [-0.3, -0.25) is 4.98 Å². The number of hydrogen-bond donors (Lipinski definition) is 2. The Hall–Kier alpha value is -2.70. The highest BCUT2D eigenvalue weighted by molar-refractivity contribution is 5.89. The molecular formula is C18H20F2N4O. The summed E-state index contributed by atoms with van der Waals surface area (Å²) < 4.78 is 28.6. The van der Waals surface area contributed by atoms with E-state index in [1.807, 2.05) is 6.07 Å². The molecule has 0 spiro atoms. The van der Waals surface area contributed by atoms with Gasteiger partial charge in [0, 0.05) is 25.0 Å². The molecule has 0 radical (unpaired) electrons. The quantitative estimate of drug-likeness (QED) is 0.884. The molecule has 1 aromatic heterocycles. The van der Waals surface area contributed by atoms with E-state index in [0.29, 0.717) is 18.8 Å². The SMILES string of the molecule is C[C@H](NC(=O)Nc1cc(F)c(N2CCCC2)c(F)c1)c1ccccn1. The lowest BCUT2D eigenvalue weighted by molar-refractivity contribution is 0.249. The number of nitrogens with zero attached hydrogens (tertiary/aromatic N) is 2. The van der Waals surface area contributed by atoms with Crippen LogP contribution in [0.2, 0.25) is 0 Å². The number of hydrogen-bond acceptors (Lipinski definition) is 3. The fourth-order valence-electron chi connectivity index (χ4n) is 2.95. The average molecular weight is 346 g/mol. The minimum Gasteiger partial charge on any atom is -0.367 e. The van der Waals surface area contributed by atoms with Crippen molar-refractivity contribution >= 4 is 17.4 Å². The van der Waals surface area contributed by atoms with E-state index in [2.05, 4.69) is 15.6 Å². The maximum absolute atomic E-state index is 14.3. The van der Waals surface area contributed by atoms with E-state index in [4.69, 9.17) is 0 Å². The number of pyridine rings is 1. The van der Waals surface area contributed by atoms with Crippen LogP contribution in [0.15, 0.2) is 36.5 Å². The van der Waals surface area contributed by atoms with Gasteiger partial charge in [0.25, 0.3) is 0 Å². The molecule has 3 rings (SSSR count). The van der Waals surface area contributed by atoms with Crippen molar-refractivity contribution in [1.82, 2.24) is 10.3 Å². The lowest BCUT2D eigenvalue weighted by Gasteiger charge is -2.20. The van der Waals surface area contributed by atoms with Crippen LogP contribution in [0.25, 0.3) is 0 Å². The Morgan fingerprint density at radius 3 is 2.48 bits per heavy atom. The second-order valence-electron chi connectivity index (χ2n) is 6.06. The Balaban J connectivity index is 1.67. The fourth-order valence-corrected chi connectivity index (χ4v) is 2.95. The van der Waals surface area contributed by atoms with E-state index in [1.54, 1.807) is 30.2 Å². The van der Waals surface area contributed by atoms with E-state index in [-0.39, 0.29) is 17.4 Å². The Morgan fingerprint density at radius 2 is 1.88 bits per heavy atom. The lowest BCUT2D eigenvalue weighted by Crippen LogP contribution is -2.31. The van der Waals surface area contributed by atoms with Gasteiger partial charge >= 0.3 is 6.03 Å². The third-order valence-corrected chi connectivity index (χ3v) is 4.18. The normalized spacial score (nSPS) is 15.1. The summed E-state index contributed by atoms with van der Waals surface area (Å²) in [6, 6.07) is 6.79. The van der Waals surface area contributed by atoms with Gasteiger partial charge in [0.05, 0.1) is 11.7 Å². The molecule has 0 saturated carbocycles. The molecular weight excluding hydrogens is 326 g/mol. The van der Waals surface area contributed by atoms with Crippen molar-refractivity contribution in [3.05, 3.63) is 53.9 Å². The first-order chi connectivity index (χ1) is 12.0. The number of aromatic nitrogens is 1. The first-order valence-corrected chi connectivity index (χ1v) is 8.27. The smallest absolute Gasteiger partial charge is 0.319 e. The Bertz CT molecular complexity index is 725. The van der Waals surface area contributed by atoms with Crippen LogP contribution < -0.4 is 15.5 Å². The summed E-state index contributed by atoms with van der Waals surface area (Å²) >= 11 is 0. The van der Waals surface area contributed by atoms with Crippen LogP contribution in [0.3, 0.4) is 0 Å². The third-order valence-electron chi connectivity index (χ3n) is 4.18. The Morgan fingerprint density at radius 1 is 1.20 bits per heavy atom. The van der Waals surface area contributed by atoms with Gasteiger partial charge in [0.15, 0.2) is 11.6 Å². The van der Waals surface area contributed by atoms with Crippen LogP contribution in [-0.2, 0) is 0 Å². The molecule has 2 aromatic rings. The Labute approximate surface area is 145 Å². The number of anilines is 2. The number of carbonyl (C=O) groups excluding carboxylic acids is 1. The standard InChI is InChI=1S/C18H20F2N4O/c1-12(16-6-2-3-7-21-16)22-18(25)23-13-10-14(19)17(15(20)11-13)24-8-4-5-9-24/h2-3,6-7,10-12H,4-5,8-9H2,1H3,(H2,22,23,25)/t12-/m0/s1. The molecule has 5 nitrogen and oxygen atoms in total. The van der Waals surface area contributed by atoms with Crippen molar-refractivity contribution in [3.63, 3.8) is 0 Å². The van der Waals surface area contributed by atoms with Crippen LogP contribution in [-0.4, -0.2) is 24.1 Å².